The van der Waals surface area contributed by atoms with E-state index in [0.717, 1.165) is 0 Å². The zero-order valence-corrected chi connectivity index (χ0v) is 10.2. The Balaban J connectivity index is 1.91. The molecule has 0 aliphatic carbocycles. The minimum Gasteiger partial charge on any atom is -0.357 e. The van der Waals surface area contributed by atoms with E-state index in [4.69, 9.17) is 0 Å². The lowest BCUT2D eigenvalue weighted by atomic mass is 10.1. The largest absolute Gasteiger partial charge is 0.357 e. The Morgan fingerprint density at radius 2 is 2.05 bits per heavy atom. The molecule has 0 saturated heterocycles. The first-order valence-electron chi connectivity index (χ1n) is 5.87. The quantitative estimate of drug-likeness (QED) is 0.874. The third-order valence-electron chi connectivity index (χ3n) is 2.66. The van der Waals surface area contributed by atoms with Gasteiger partial charge in [-0.15, -0.1) is 0 Å². The number of hydrogen-bond donors (Lipinski definition) is 2. The first-order chi connectivity index (χ1) is 9.16. The lowest BCUT2D eigenvalue weighted by Gasteiger charge is -2.05. The van der Waals surface area contributed by atoms with Crippen LogP contribution in [0.4, 0.5) is 4.39 Å². The van der Waals surface area contributed by atoms with Crippen LogP contribution in [0.1, 0.15) is 16.1 Å². The molecule has 5 heteroatoms. The summed E-state index contributed by atoms with van der Waals surface area (Å²) in [6, 6.07) is 8.97. The molecule has 98 valence electrons. The van der Waals surface area contributed by atoms with Gasteiger partial charge in [0.2, 0.25) is 0 Å². The van der Waals surface area contributed by atoms with Crippen molar-refractivity contribution in [3.8, 4) is 0 Å². The second kappa shape index (κ2) is 5.95. The van der Waals surface area contributed by atoms with Crippen LogP contribution in [0.15, 0.2) is 47.4 Å². The third kappa shape index (κ3) is 3.51. The number of H-pyrrole nitrogens is 1. The summed E-state index contributed by atoms with van der Waals surface area (Å²) in [6.07, 6.45) is 1.81. The van der Waals surface area contributed by atoms with Crippen molar-refractivity contribution in [3.63, 3.8) is 0 Å². The van der Waals surface area contributed by atoms with Crippen LogP contribution in [0, 0.1) is 5.82 Å². The zero-order chi connectivity index (χ0) is 13.7. The third-order valence-corrected chi connectivity index (χ3v) is 2.66. The summed E-state index contributed by atoms with van der Waals surface area (Å²) in [5.41, 5.74) is 0.503. The van der Waals surface area contributed by atoms with Gasteiger partial charge in [-0.05, 0) is 18.1 Å². The lowest BCUT2D eigenvalue weighted by molar-refractivity contribution is 0.0949. The molecule has 0 atom stereocenters. The van der Waals surface area contributed by atoms with Crippen molar-refractivity contribution in [3.05, 3.63) is 69.9 Å². The first-order valence-corrected chi connectivity index (χ1v) is 5.87. The molecule has 0 unspecified atom stereocenters. The van der Waals surface area contributed by atoms with E-state index in [2.05, 4.69) is 10.3 Å². The van der Waals surface area contributed by atoms with Gasteiger partial charge in [0.1, 0.15) is 11.5 Å². The van der Waals surface area contributed by atoms with Crippen LogP contribution in [-0.4, -0.2) is 17.4 Å². The van der Waals surface area contributed by atoms with Gasteiger partial charge in [0.25, 0.3) is 5.91 Å². The molecule has 2 N–H and O–H groups in total. The summed E-state index contributed by atoms with van der Waals surface area (Å²) < 4.78 is 13.3. The predicted molar refractivity (Wildman–Crippen MR) is 69.5 cm³/mol. The molecule has 19 heavy (non-hydrogen) atoms. The summed E-state index contributed by atoms with van der Waals surface area (Å²) in [7, 11) is 0. The average molecular weight is 260 g/mol. The van der Waals surface area contributed by atoms with Crippen molar-refractivity contribution in [1.82, 2.24) is 10.3 Å². The summed E-state index contributed by atoms with van der Waals surface area (Å²) in [5, 5.41) is 2.63. The van der Waals surface area contributed by atoms with Gasteiger partial charge in [-0.25, -0.2) is 4.39 Å². The van der Waals surface area contributed by atoms with Crippen molar-refractivity contribution >= 4 is 5.91 Å². The number of aromatic nitrogens is 1. The van der Waals surface area contributed by atoms with Crippen molar-refractivity contribution in [2.24, 2.45) is 0 Å². The smallest absolute Gasteiger partial charge is 0.267 e. The molecule has 2 rings (SSSR count). The Labute approximate surface area is 109 Å². The number of carbonyl (C=O) groups excluding carboxylic acids is 1. The number of carbonyl (C=O) groups is 1. The van der Waals surface area contributed by atoms with Crippen LogP contribution >= 0.6 is 0 Å². The maximum atomic E-state index is 13.3. The van der Waals surface area contributed by atoms with Gasteiger partial charge >= 0.3 is 0 Å². The second-order valence-corrected chi connectivity index (χ2v) is 4.04. The summed E-state index contributed by atoms with van der Waals surface area (Å²) in [4.78, 5) is 25.5. The monoisotopic (exact) mass is 260 g/mol. The Hall–Kier alpha value is -2.43. The van der Waals surface area contributed by atoms with Crippen LogP contribution in [0.3, 0.4) is 0 Å². The van der Waals surface area contributed by atoms with E-state index in [1.54, 1.807) is 18.2 Å². The lowest BCUT2D eigenvalue weighted by Crippen LogP contribution is -2.27. The number of pyridine rings is 1. The first kappa shape index (κ1) is 13.0. The van der Waals surface area contributed by atoms with Gasteiger partial charge in [-0.2, -0.15) is 0 Å². The zero-order valence-electron chi connectivity index (χ0n) is 10.2. The van der Waals surface area contributed by atoms with E-state index in [9.17, 15) is 14.0 Å². The molecule has 0 saturated carbocycles. The highest BCUT2D eigenvalue weighted by molar-refractivity contribution is 5.92. The molecule has 1 aromatic heterocycles. The van der Waals surface area contributed by atoms with Crippen molar-refractivity contribution < 1.29 is 9.18 Å². The van der Waals surface area contributed by atoms with E-state index >= 15 is 0 Å². The number of aromatic amines is 1. The fourth-order valence-corrected chi connectivity index (χ4v) is 1.68. The van der Waals surface area contributed by atoms with Crippen LogP contribution in [-0.2, 0) is 6.42 Å². The molecule has 1 amide bonds. The summed E-state index contributed by atoms with van der Waals surface area (Å²) >= 11 is 0. The number of nitrogens with one attached hydrogen (secondary N) is 2. The number of halogens is 1. The maximum Gasteiger partial charge on any atom is 0.267 e. The number of rotatable bonds is 4. The molecule has 0 aliphatic rings. The topological polar surface area (TPSA) is 62.0 Å². The Kier molecular flexibility index (Phi) is 4.07. The highest BCUT2D eigenvalue weighted by Gasteiger charge is 2.06. The average Bonchev–Trinajstić information content (AvgIpc) is 2.41. The van der Waals surface area contributed by atoms with Gasteiger partial charge in [0, 0.05) is 24.9 Å². The highest BCUT2D eigenvalue weighted by Crippen LogP contribution is 2.06. The van der Waals surface area contributed by atoms with Gasteiger partial charge in [-0.3, -0.25) is 9.59 Å². The van der Waals surface area contributed by atoms with E-state index < -0.39 is 0 Å². The SMILES string of the molecule is O=C(NCCc1ccccc1F)c1cc(=O)cc[nH]1. The molecular formula is C14H13FN2O2. The Bertz CT molecular complexity index is 637. The van der Waals surface area contributed by atoms with E-state index in [1.165, 1.54) is 24.4 Å². The van der Waals surface area contributed by atoms with Crippen LogP contribution in [0.2, 0.25) is 0 Å². The molecular weight excluding hydrogens is 247 g/mol. The molecule has 0 aliphatic heterocycles. The van der Waals surface area contributed by atoms with Crippen molar-refractivity contribution in [2.45, 2.75) is 6.42 Å². The fourth-order valence-electron chi connectivity index (χ4n) is 1.68. The molecule has 4 nitrogen and oxygen atoms in total. The number of amides is 1. The maximum absolute atomic E-state index is 13.3. The van der Waals surface area contributed by atoms with Crippen LogP contribution in [0.5, 0.6) is 0 Å². The second-order valence-electron chi connectivity index (χ2n) is 4.04. The molecule has 0 radical (unpaired) electrons. The molecule has 0 spiro atoms. The van der Waals surface area contributed by atoms with E-state index in [-0.39, 0.29) is 22.8 Å². The van der Waals surface area contributed by atoms with Crippen LogP contribution in [0.25, 0.3) is 0 Å². The van der Waals surface area contributed by atoms with Gasteiger partial charge in [0.15, 0.2) is 5.43 Å². The number of hydrogen-bond acceptors (Lipinski definition) is 2. The Morgan fingerprint density at radius 1 is 1.26 bits per heavy atom. The molecule has 0 bridgehead atoms. The molecule has 1 heterocycles. The molecule has 2 aromatic rings. The molecule has 1 aromatic carbocycles. The van der Waals surface area contributed by atoms with Crippen molar-refractivity contribution in [1.29, 1.82) is 0 Å². The van der Waals surface area contributed by atoms with Gasteiger partial charge in [-0.1, -0.05) is 18.2 Å². The predicted octanol–water partition coefficient (Wildman–Crippen LogP) is 1.49. The summed E-state index contributed by atoms with van der Waals surface area (Å²) in [6.45, 7) is 0.302. The minimum absolute atomic E-state index is 0.195. The van der Waals surface area contributed by atoms with Gasteiger partial charge in [0.05, 0.1) is 0 Å². The molecule has 0 fully saturated rings. The summed E-state index contributed by atoms with van der Waals surface area (Å²) in [5.74, 6) is -0.668. The minimum atomic E-state index is -0.381. The van der Waals surface area contributed by atoms with E-state index in [1.807, 2.05) is 0 Å². The Morgan fingerprint density at radius 3 is 2.79 bits per heavy atom. The van der Waals surface area contributed by atoms with Gasteiger partial charge < -0.3 is 10.3 Å². The highest BCUT2D eigenvalue weighted by atomic mass is 19.1. The van der Waals surface area contributed by atoms with E-state index in [0.29, 0.717) is 18.5 Å². The fraction of sp³-hybridized carbons (Fsp3) is 0.143. The normalized spacial score (nSPS) is 10.2. The van der Waals surface area contributed by atoms with Crippen molar-refractivity contribution in [2.75, 3.05) is 6.54 Å². The number of benzene rings is 1. The standard InChI is InChI=1S/C14H13FN2O2/c15-12-4-2-1-3-10(12)5-7-17-14(19)13-9-11(18)6-8-16-13/h1-4,6,8-9H,5,7H2,(H,16,18)(H,17,19). The van der Waals surface area contributed by atoms with Crippen LogP contribution < -0.4 is 10.7 Å².